The van der Waals surface area contributed by atoms with E-state index in [0.29, 0.717) is 47.2 Å². The first kappa shape index (κ1) is 26.3. The molecule has 5 rings (SSSR count). The van der Waals surface area contributed by atoms with Crippen molar-refractivity contribution in [3.05, 3.63) is 145 Å². The van der Waals surface area contributed by atoms with Gasteiger partial charge in [0, 0.05) is 17.4 Å². The second-order valence-electron chi connectivity index (χ2n) is 9.15. The van der Waals surface area contributed by atoms with E-state index in [1.807, 2.05) is 78.9 Å². The van der Waals surface area contributed by atoms with Gasteiger partial charge in [0.1, 0.15) is 23.0 Å². The van der Waals surface area contributed by atoms with E-state index in [9.17, 15) is 9.59 Å². The molecule has 6 nitrogen and oxygen atoms in total. The lowest BCUT2D eigenvalue weighted by Gasteiger charge is -2.11. The Morgan fingerprint density at radius 2 is 0.850 bits per heavy atom. The topological polar surface area (TPSA) is 76.7 Å². The lowest BCUT2D eigenvalue weighted by atomic mass is 10.1. The van der Waals surface area contributed by atoms with Gasteiger partial charge in [0.2, 0.25) is 11.8 Å². The van der Waals surface area contributed by atoms with Crippen LogP contribution in [0.2, 0.25) is 0 Å². The van der Waals surface area contributed by atoms with Crippen molar-refractivity contribution in [3.63, 3.8) is 0 Å². The van der Waals surface area contributed by atoms with Gasteiger partial charge in [0.25, 0.3) is 0 Å². The summed E-state index contributed by atoms with van der Waals surface area (Å²) in [6.07, 6.45) is 0.634. The number of nitrogens with one attached hydrogen (secondary N) is 2. The van der Waals surface area contributed by atoms with Gasteiger partial charge in [-0.15, -0.1) is 0 Å². The molecule has 0 saturated carbocycles. The van der Waals surface area contributed by atoms with Gasteiger partial charge in [-0.05, 0) is 71.8 Å². The Bertz CT molecular complexity index is 1440. The van der Waals surface area contributed by atoms with Crippen LogP contribution in [0.3, 0.4) is 0 Å². The zero-order chi connectivity index (χ0) is 27.6. The van der Waals surface area contributed by atoms with E-state index in [2.05, 4.69) is 10.6 Å². The average molecular weight is 529 g/mol. The molecule has 40 heavy (non-hydrogen) atoms. The fourth-order valence-electron chi connectivity index (χ4n) is 4.06. The molecular weight excluding hydrogens is 500 g/mol. The molecule has 2 amide bonds. The summed E-state index contributed by atoms with van der Waals surface area (Å²) < 4.78 is 12.0. The van der Waals surface area contributed by atoms with Crippen LogP contribution in [-0.4, -0.2) is 11.8 Å². The molecule has 0 saturated heterocycles. The number of anilines is 2. The maximum Gasteiger partial charge on any atom is 0.228 e. The van der Waals surface area contributed by atoms with Crippen LogP contribution in [0, 0.1) is 0 Å². The van der Waals surface area contributed by atoms with Gasteiger partial charge < -0.3 is 20.1 Å². The van der Waals surface area contributed by atoms with Crippen LogP contribution in [0.25, 0.3) is 0 Å². The largest absolute Gasteiger partial charge is 0.457 e. The summed E-state index contributed by atoms with van der Waals surface area (Å²) in [4.78, 5) is 24.6. The zero-order valence-electron chi connectivity index (χ0n) is 21.7. The van der Waals surface area contributed by atoms with Crippen LogP contribution in [0.15, 0.2) is 133 Å². The van der Waals surface area contributed by atoms with Crippen molar-refractivity contribution in [2.45, 2.75) is 12.8 Å². The zero-order valence-corrected chi connectivity index (χ0v) is 21.7. The van der Waals surface area contributed by atoms with Crippen molar-refractivity contribution >= 4 is 23.2 Å². The highest BCUT2D eigenvalue weighted by Gasteiger charge is 2.07. The molecule has 0 unspecified atom stereocenters. The van der Waals surface area contributed by atoms with Crippen molar-refractivity contribution in [2.24, 2.45) is 0 Å². The maximum atomic E-state index is 12.3. The number of ether oxygens (including phenoxy) is 2. The first-order chi connectivity index (χ1) is 19.6. The molecule has 0 atom stereocenters. The standard InChI is InChI=1S/C34H28N2O4/c37-33(22-25-8-3-1-4-9-25)35-27-14-18-29(19-15-27)39-31-12-7-13-32(24-31)40-30-20-16-28(17-21-30)36-34(38)23-26-10-5-2-6-11-26/h1-21,24H,22-23H2,(H,35,37)(H,36,38). The smallest absolute Gasteiger partial charge is 0.228 e. The molecule has 198 valence electrons. The molecule has 0 bridgehead atoms. The number of hydrogen-bond acceptors (Lipinski definition) is 4. The van der Waals surface area contributed by atoms with Crippen molar-refractivity contribution < 1.29 is 19.1 Å². The van der Waals surface area contributed by atoms with Crippen molar-refractivity contribution in [1.29, 1.82) is 0 Å². The van der Waals surface area contributed by atoms with Crippen LogP contribution >= 0.6 is 0 Å². The fourth-order valence-corrected chi connectivity index (χ4v) is 4.06. The van der Waals surface area contributed by atoms with Crippen LogP contribution in [0.1, 0.15) is 11.1 Å². The quantitative estimate of drug-likeness (QED) is 0.195. The Kier molecular flexibility index (Phi) is 8.49. The van der Waals surface area contributed by atoms with Crippen molar-refractivity contribution in [1.82, 2.24) is 0 Å². The van der Waals surface area contributed by atoms with Gasteiger partial charge in [0.05, 0.1) is 12.8 Å². The second-order valence-corrected chi connectivity index (χ2v) is 9.15. The first-order valence-electron chi connectivity index (χ1n) is 12.9. The molecule has 2 N–H and O–H groups in total. The third kappa shape index (κ3) is 7.82. The molecular formula is C34H28N2O4. The summed E-state index contributed by atoms with van der Waals surface area (Å²) in [5.74, 6) is 2.34. The van der Waals surface area contributed by atoms with Crippen LogP contribution < -0.4 is 20.1 Å². The van der Waals surface area contributed by atoms with Crippen LogP contribution in [0.4, 0.5) is 11.4 Å². The highest BCUT2D eigenvalue weighted by Crippen LogP contribution is 2.29. The normalized spacial score (nSPS) is 10.4. The van der Waals surface area contributed by atoms with E-state index in [4.69, 9.17) is 9.47 Å². The predicted octanol–water partition coefficient (Wildman–Crippen LogP) is 7.63. The van der Waals surface area contributed by atoms with Gasteiger partial charge in [-0.2, -0.15) is 0 Å². The molecule has 5 aromatic rings. The fraction of sp³-hybridized carbons (Fsp3) is 0.0588. The van der Waals surface area contributed by atoms with E-state index in [1.54, 1.807) is 54.6 Å². The molecule has 0 aliphatic heterocycles. The Hall–Kier alpha value is -5.36. The summed E-state index contributed by atoms with van der Waals surface area (Å²) in [7, 11) is 0. The van der Waals surface area contributed by atoms with Crippen molar-refractivity contribution in [2.75, 3.05) is 10.6 Å². The Labute approximate surface area is 233 Å². The number of amides is 2. The van der Waals surface area contributed by atoms with E-state index in [0.717, 1.165) is 11.1 Å². The number of hydrogen-bond donors (Lipinski definition) is 2. The Morgan fingerprint density at radius 3 is 1.25 bits per heavy atom. The highest BCUT2D eigenvalue weighted by atomic mass is 16.5. The highest BCUT2D eigenvalue weighted by molar-refractivity contribution is 5.92. The Balaban J connectivity index is 1.13. The minimum atomic E-state index is -0.0766. The second kappa shape index (κ2) is 12.9. The molecule has 0 aliphatic rings. The molecule has 0 fully saturated rings. The van der Waals surface area contributed by atoms with Crippen LogP contribution in [0.5, 0.6) is 23.0 Å². The van der Waals surface area contributed by atoms with Gasteiger partial charge in [-0.1, -0.05) is 66.7 Å². The summed E-state index contributed by atoms with van der Waals surface area (Å²) in [5, 5.41) is 5.81. The Morgan fingerprint density at radius 1 is 0.450 bits per heavy atom. The molecule has 5 aromatic carbocycles. The van der Waals surface area contributed by atoms with Crippen LogP contribution in [-0.2, 0) is 22.4 Å². The predicted molar refractivity (Wildman–Crippen MR) is 157 cm³/mol. The van der Waals surface area contributed by atoms with Gasteiger partial charge >= 0.3 is 0 Å². The SMILES string of the molecule is O=C(Cc1ccccc1)Nc1ccc(Oc2cccc(Oc3ccc(NC(=O)Cc4ccccc4)cc3)c2)cc1. The van der Waals surface area contributed by atoms with E-state index in [1.165, 1.54) is 0 Å². The minimum Gasteiger partial charge on any atom is -0.457 e. The summed E-state index contributed by atoms with van der Waals surface area (Å²) >= 11 is 0. The van der Waals surface area contributed by atoms with Gasteiger partial charge in [-0.25, -0.2) is 0 Å². The summed E-state index contributed by atoms with van der Waals surface area (Å²) in [5.41, 5.74) is 3.32. The number of rotatable bonds is 10. The molecule has 0 spiro atoms. The number of benzene rings is 5. The van der Waals surface area contributed by atoms with E-state index >= 15 is 0 Å². The third-order valence-electron chi connectivity index (χ3n) is 5.97. The summed E-state index contributed by atoms with van der Waals surface area (Å²) in [6.45, 7) is 0. The lowest BCUT2D eigenvalue weighted by molar-refractivity contribution is -0.116. The van der Waals surface area contributed by atoms with Gasteiger partial charge in [0.15, 0.2) is 0 Å². The molecule has 0 aliphatic carbocycles. The minimum absolute atomic E-state index is 0.0766. The first-order valence-corrected chi connectivity index (χ1v) is 12.9. The summed E-state index contributed by atoms with van der Waals surface area (Å²) in [6, 6.07) is 41.0. The molecule has 0 heterocycles. The van der Waals surface area contributed by atoms with E-state index in [-0.39, 0.29) is 11.8 Å². The van der Waals surface area contributed by atoms with Crippen molar-refractivity contribution in [3.8, 4) is 23.0 Å². The number of carbonyl (C=O) groups excluding carboxylic acids is 2. The molecule has 0 aromatic heterocycles. The average Bonchev–Trinajstić information content (AvgIpc) is 2.96. The number of carbonyl (C=O) groups is 2. The van der Waals surface area contributed by atoms with E-state index < -0.39 is 0 Å². The molecule has 6 heteroatoms. The monoisotopic (exact) mass is 528 g/mol. The van der Waals surface area contributed by atoms with Gasteiger partial charge in [-0.3, -0.25) is 9.59 Å². The third-order valence-corrected chi connectivity index (χ3v) is 5.97. The molecule has 0 radical (unpaired) electrons. The maximum absolute atomic E-state index is 12.3. The lowest BCUT2D eigenvalue weighted by Crippen LogP contribution is -2.14.